The van der Waals surface area contributed by atoms with Crippen LogP contribution in [-0.4, -0.2) is 22.9 Å². The highest BCUT2D eigenvalue weighted by Crippen LogP contribution is 2.06. The number of rotatable bonds is 2. The van der Waals surface area contributed by atoms with Gasteiger partial charge in [0.25, 0.3) is 0 Å². The number of nitro groups is 1. The average molecular weight is 142 g/mol. The molecule has 0 unspecified atom stereocenters. The van der Waals surface area contributed by atoms with Gasteiger partial charge in [-0.1, -0.05) is 0 Å². The fourth-order valence-electron chi connectivity index (χ4n) is 1.04. The Morgan fingerprint density at radius 2 is 2.00 bits per heavy atom. The summed E-state index contributed by atoms with van der Waals surface area (Å²) in [7, 11) is 0. The van der Waals surface area contributed by atoms with Crippen LogP contribution in [0.3, 0.4) is 0 Å². The highest BCUT2D eigenvalue weighted by Gasteiger charge is 2.06. The zero-order valence-electron chi connectivity index (χ0n) is 5.69. The number of hydrogen-bond donors (Lipinski definition) is 0. The van der Waals surface area contributed by atoms with Gasteiger partial charge in [-0.25, -0.2) is 0 Å². The van der Waals surface area contributed by atoms with E-state index in [2.05, 4.69) is 0 Å². The fourth-order valence-corrected chi connectivity index (χ4v) is 1.04. The van der Waals surface area contributed by atoms with Crippen molar-refractivity contribution in [2.75, 3.05) is 13.1 Å². The third-order valence-electron chi connectivity index (χ3n) is 1.54. The molecule has 0 aliphatic carbocycles. The van der Waals surface area contributed by atoms with E-state index < -0.39 is 4.92 Å². The SMILES string of the molecule is O=[N+]([O-])/C=C/N1CCCC1. The first-order valence-electron chi connectivity index (χ1n) is 3.35. The molecule has 1 rings (SSSR count). The normalized spacial score (nSPS) is 18.6. The molecule has 0 aromatic rings. The Balaban J connectivity index is 2.29. The first kappa shape index (κ1) is 7.05. The van der Waals surface area contributed by atoms with Crippen molar-refractivity contribution in [3.63, 3.8) is 0 Å². The zero-order chi connectivity index (χ0) is 7.40. The van der Waals surface area contributed by atoms with Crippen LogP contribution in [-0.2, 0) is 0 Å². The van der Waals surface area contributed by atoms with Crippen molar-refractivity contribution < 1.29 is 4.92 Å². The lowest BCUT2D eigenvalue weighted by Gasteiger charge is -2.06. The third kappa shape index (κ3) is 2.05. The summed E-state index contributed by atoms with van der Waals surface area (Å²) in [6.45, 7) is 1.93. The molecule has 4 nitrogen and oxygen atoms in total. The van der Waals surface area contributed by atoms with Crippen LogP contribution in [0.25, 0.3) is 0 Å². The Morgan fingerprint density at radius 3 is 2.50 bits per heavy atom. The Bertz CT molecular complexity index is 150. The largest absolute Gasteiger partial charge is 0.372 e. The monoisotopic (exact) mass is 142 g/mol. The van der Waals surface area contributed by atoms with E-state index in [1.54, 1.807) is 6.20 Å². The van der Waals surface area contributed by atoms with E-state index in [0.717, 1.165) is 32.1 Å². The van der Waals surface area contributed by atoms with E-state index in [1.165, 1.54) is 0 Å². The first-order valence-corrected chi connectivity index (χ1v) is 3.35. The van der Waals surface area contributed by atoms with Crippen LogP contribution in [0, 0.1) is 10.1 Å². The van der Waals surface area contributed by atoms with Crippen LogP contribution in [0.2, 0.25) is 0 Å². The fraction of sp³-hybridized carbons (Fsp3) is 0.667. The van der Waals surface area contributed by atoms with E-state index in [9.17, 15) is 10.1 Å². The van der Waals surface area contributed by atoms with Crippen molar-refractivity contribution in [3.8, 4) is 0 Å². The summed E-state index contributed by atoms with van der Waals surface area (Å²) >= 11 is 0. The van der Waals surface area contributed by atoms with Crippen LogP contribution in [0.15, 0.2) is 12.4 Å². The summed E-state index contributed by atoms with van der Waals surface area (Å²) in [6, 6.07) is 0. The van der Waals surface area contributed by atoms with Crippen molar-refractivity contribution in [1.82, 2.24) is 4.90 Å². The molecule has 0 atom stereocenters. The summed E-state index contributed by atoms with van der Waals surface area (Å²) in [4.78, 5) is 11.4. The minimum absolute atomic E-state index is 0.432. The molecule has 0 N–H and O–H groups in total. The average Bonchev–Trinajstić information content (AvgIpc) is 2.34. The van der Waals surface area contributed by atoms with Gasteiger partial charge in [-0.15, -0.1) is 0 Å². The molecule has 0 bridgehead atoms. The second-order valence-electron chi connectivity index (χ2n) is 2.33. The lowest BCUT2D eigenvalue weighted by Crippen LogP contribution is -2.10. The second kappa shape index (κ2) is 3.20. The Kier molecular flexibility index (Phi) is 2.25. The Hall–Kier alpha value is -1.06. The van der Waals surface area contributed by atoms with E-state index in [4.69, 9.17) is 0 Å². The molecule has 0 aromatic heterocycles. The molecule has 0 radical (unpaired) electrons. The van der Waals surface area contributed by atoms with Gasteiger partial charge >= 0.3 is 0 Å². The first-order chi connectivity index (χ1) is 4.79. The van der Waals surface area contributed by atoms with Crippen molar-refractivity contribution in [2.24, 2.45) is 0 Å². The minimum Gasteiger partial charge on any atom is -0.372 e. The molecule has 4 heteroatoms. The lowest BCUT2D eigenvalue weighted by molar-refractivity contribution is -0.403. The van der Waals surface area contributed by atoms with Crippen LogP contribution in [0.1, 0.15) is 12.8 Å². The number of nitrogens with zero attached hydrogens (tertiary/aromatic N) is 2. The number of likely N-dealkylation sites (tertiary alicyclic amines) is 1. The molecule has 0 amide bonds. The highest BCUT2D eigenvalue weighted by atomic mass is 16.6. The molecular formula is C6H10N2O2. The zero-order valence-corrected chi connectivity index (χ0v) is 5.69. The second-order valence-corrected chi connectivity index (χ2v) is 2.33. The van der Waals surface area contributed by atoms with Crippen molar-refractivity contribution in [2.45, 2.75) is 12.8 Å². The van der Waals surface area contributed by atoms with Crippen molar-refractivity contribution >= 4 is 0 Å². The molecule has 1 saturated heterocycles. The van der Waals surface area contributed by atoms with Crippen LogP contribution < -0.4 is 0 Å². The summed E-state index contributed by atoms with van der Waals surface area (Å²) in [6.07, 6.45) is 4.85. The standard InChI is InChI=1S/C6H10N2O2/c9-8(10)6-5-7-3-1-2-4-7/h5-6H,1-4H2/b6-5+. The van der Waals surface area contributed by atoms with E-state index in [0.29, 0.717) is 0 Å². The number of hydrogen-bond acceptors (Lipinski definition) is 3. The molecule has 1 aliphatic rings. The van der Waals surface area contributed by atoms with Gasteiger partial charge in [0.05, 0.1) is 11.1 Å². The molecule has 0 saturated carbocycles. The van der Waals surface area contributed by atoms with Crippen LogP contribution in [0.4, 0.5) is 0 Å². The van der Waals surface area contributed by atoms with Gasteiger partial charge in [-0.05, 0) is 12.8 Å². The summed E-state index contributed by atoms with van der Waals surface area (Å²) in [5.74, 6) is 0. The van der Waals surface area contributed by atoms with E-state index in [-0.39, 0.29) is 0 Å². The predicted octanol–water partition coefficient (Wildman–Crippen LogP) is 0.830. The van der Waals surface area contributed by atoms with Gasteiger partial charge in [-0.2, -0.15) is 0 Å². The maximum Gasteiger partial charge on any atom is 0.250 e. The van der Waals surface area contributed by atoms with Gasteiger partial charge < -0.3 is 4.90 Å². The molecular weight excluding hydrogens is 132 g/mol. The quantitative estimate of drug-likeness (QED) is 0.423. The maximum absolute atomic E-state index is 9.85. The van der Waals surface area contributed by atoms with Crippen LogP contribution >= 0.6 is 0 Å². The van der Waals surface area contributed by atoms with E-state index >= 15 is 0 Å². The topological polar surface area (TPSA) is 46.4 Å². The lowest BCUT2D eigenvalue weighted by atomic mass is 10.4. The molecule has 0 spiro atoms. The van der Waals surface area contributed by atoms with Gasteiger partial charge in [-0.3, -0.25) is 10.1 Å². The molecule has 1 aliphatic heterocycles. The maximum atomic E-state index is 9.85. The predicted molar refractivity (Wildman–Crippen MR) is 36.9 cm³/mol. The highest BCUT2D eigenvalue weighted by molar-refractivity contribution is 4.78. The van der Waals surface area contributed by atoms with E-state index in [1.807, 2.05) is 4.90 Å². The van der Waals surface area contributed by atoms with Gasteiger partial charge in [0.2, 0.25) is 6.20 Å². The molecule has 56 valence electrons. The minimum atomic E-state index is -0.432. The molecule has 10 heavy (non-hydrogen) atoms. The molecule has 1 heterocycles. The Morgan fingerprint density at radius 1 is 1.40 bits per heavy atom. The summed E-state index contributed by atoms with van der Waals surface area (Å²) in [5, 5.41) is 9.85. The van der Waals surface area contributed by atoms with Gasteiger partial charge in [0.1, 0.15) is 0 Å². The molecule has 1 fully saturated rings. The Labute approximate surface area is 59.3 Å². The summed E-state index contributed by atoms with van der Waals surface area (Å²) in [5.41, 5.74) is 0. The van der Waals surface area contributed by atoms with Crippen molar-refractivity contribution in [1.29, 1.82) is 0 Å². The van der Waals surface area contributed by atoms with Gasteiger partial charge in [0, 0.05) is 13.1 Å². The van der Waals surface area contributed by atoms with Crippen molar-refractivity contribution in [3.05, 3.63) is 22.5 Å². The van der Waals surface area contributed by atoms with Crippen LogP contribution in [0.5, 0.6) is 0 Å². The summed E-state index contributed by atoms with van der Waals surface area (Å²) < 4.78 is 0. The third-order valence-corrected chi connectivity index (χ3v) is 1.54. The van der Waals surface area contributed by atoms with Gasteiger partial charge in [0.15, 0.2) is 0 Å². The smallest absolute Gasteiger partial charge is 0.250 e. The molecule has 0 aromatic carbocycles.